The second-order valence-electron chi connectivity index (χ2n) is 29.0. The Morgan fingerprint density at radius 3 is 1.61 bits per heavy atom. The van der Waals surface area contributed by atoms with Crippen molar-refractivity contribution in [1.29, 1.82) is 0 Å². The van der Waals surface area contributed by atoms with Gasteiger partial charge in [-0.3, -0.25) is 62.3 Å². The Kier molecular flexibility index (Phi) is 32.9. The predicted molar refractivity (Wildman–Crippen MR) is 413 cm³/mol. The Hall–Kier alpha value is -10.4. The standard InChI is InChI=1S/C76H103N15O18S2/c1-8-12-51-66(100)83-53(25-26-60(97)98)67(101)84-54(31-42-17-21-48(94)22-18-42)69(103)82-52(13-9-2)68(102)89-61(40(3)92)73(107)87-57(64(78)99)39-111-38-45-15-10-14-44(30-45)37-110-29-27-59(96)88-63(76(5,6)7)74(108)86-56(32-43-19-23-49(95)24-20-43)75(109)91-36-47(77)34-58(91)71(105)90-62(41(4)93)72(106)85-55(70(104)81-51)33-46-35-80-65-50(46)16-11-28-79-65/h10-11,14-24,28,30,35,40-41,47,51-58,61-63,92-95H,8-9,12-13,25-27,29,31-34,36-39,77H2,1-7H3,(H2,78,99)(H,79,80)(H,81,104)(H,82,103)(H,83,100)(H,84,101)(H,85,106)(H,86,108)(H,87,107)(H,88,96)(H,89,102)(H,90,105)(H,97,98)/t40-,41-,47+,51+,52+,53+,54+,55+,56+,57+,58+,61+,62+,63?/m1/s1. The molecule has 5 aromatic rings. The number of aromatic hydroxyl groups is 2. The van der Waals surface area contributed by atoms with Gasteiger partial charge < -0.3 is 100 Å². The molecule has 0 saturated carbocycles. The van der Waals surface area contributed by atoms with Gasteiger partial charge in [0.15, 0.2) is 0 Å². The summed E-state index contributed by atoms with van der Waals surface area (Å²) in [5, 5.41) is 79.3. The molecular weight excluding hydrogens is 1480 g/mol. The van der Waals surface area contributed by atoms with Crippen molar-refractivity contribution >= 4 is 111 Å². The van der Waals surface area contributed by atoms with E-state index in [1.807, 2.05) is 24.3 Å². The number of primary amides is 1. The second kappa shape index (κ2) is 41.6. The van der Waals surface area contributed by atoms with E-state index in [0.717, 1.165) is 16.0 Å². The maximum Gasteiger partial charge on any atom is 0.303 e. The molecule has 1 saturated heterocycles. The number of thioether (sulfide) groups is 2. The van der Waals surface area contributed by atoms with Gasteiger partial charge in [0.1, 0.15) is 83.6 Å². The van der Waals surface area contributed by atoms with Gasteiger partial charge in [-0.15, -0.1) is 0 Å². The normalized spacial score (nSPS) is 25.0. The zero-order valence-electron chi connectivity index (χ0n) is 63.0. The molecule has 33 nitrogen and oxygen atoms in total. The van der Waals surface area contributed by atoms with Crippen molar-refractivity contribution in [2.24, 2.45) is 16.9 Å². The summed E-state index contributed by atoms with van der Waals surface area (Å²) in [6.45, 7) is 10.7. The number of aromatic amines is 1. The third-order valence-corrected chi connectivity index (χ3v) is 20.9. The number of carboxylic acids is 1. The number of aliphatic hydroxyl groups is 2. The number of aliphatic carboxylic acids is 1. The highest BCUT2D eigenvalue weighted by molar-refractivity contribution is 7.98. The van der Waals surface area contributed by atoms with Gasteiger partial charge in [0.05, 0.1) is 12.2 Å². The fraction of sp³-hybridized carbons (Fsp3) is 0.500. The van der Waals surface area contributed by atoms with Crippen LogP contribution in [0.5, 0.6) is 11.5 Å². The van der Waals surface area contributed by atoms with E-state index in [2.05, 4.69) is 63.1 Å². The molecule has 2 aliphatic rings. The van der Waals surface area contributed by atoms with E-state index in [0.29, 0.717) is 45.0 Å². The molecule has 3 aromatic carbocycles. The van der Waals surface area contributed by atoms with Gasteiger partial charge in [-0.05, 0) is 109 Å². The van der Waals surface area contributed by atoms with Gasteiger partial charge in [0.2, 0.25) is 70.9 Å². The molecule has 2 bridgehead atoms. The topological polar surface area (TPSA) is 527 Å². The lowest BCUT2D eigenvalue weighted by Crippen LogP contribution is -2.62. The van der Waals surface area contributed by atoms with Crippen LogP contribution < -0.4 is 64.6 Å². The Balaban J connectivity index is 1.24. The van der Waals surface area contributed by atoms with Crippen LogP contribution in [-0.4, -0.2) is 220 Å². The maximum absolute atomic E-state index is 15.2. The van der Waals surface area contributed by atoms with Crippen LogP contribution in [-0.2, 0) is 93.1 Å². The van der Waals surface area contributed by atoms with Gasteiger partial charge >= 0.3 is 5.97 Å². The van der Waals surface area contributed by atoms with Crippen molar-refractivity contribution in [1.82, 2.24) is 68.0 Å². The van der Waals surface area contributed by atoms with Gasteiger partial charge in [-0.2, -0.15) is 23.5 Å². The molecule has 0 radical (unpaired) electrons. The van der Waals surface area contributed by atoms with Crippen LogP contribution in [0.4, 0.5) is 0 Å². The fourth-order valence-electron chi connectivity index (χ4n) is 12.7. The smallest absolute Gasteiger partial charge is 0.303 e. The van der Waals surface area contributed by atoms with Crippen LogP contribution in [0.25, 0.3) is 11.0 Å². The minimum absolute atomic E-state index is 0.0309. The Morgan fingerprint density at radius 2 is 1.07 bits per heavy atom. The number of nitrogens with two attached hydrogens (primary N) is 2. The summed E-state index contributed by atoms with van der Waals surface area (Å²) < 4.78 is 0. The van der Waals surface area contributed by atoms with Gasteiger partial charge in [-0.1, -0.05) is 96.0 Å². The average Bonchev–Trinajstić information content (AvgIpc) is 0.911. The fourth-order valence-corrected chi connectivity index (χ4v) is 14.6. The number of nitrogens with zero attached hydrogens (tertiary/aromatic N) is 2. The van der Waals surface area contributed by atoms with E-state index in [4.69, 9.17) is 11.5 Å². The summed E-state index contributed by atoms with van der Waals surface area (Å²) in [6, 6.07) is 4.23. The molecule has 2 aromatic heterocycles. The van der Waals surface area contributed by atoms with Crippen molar-refractivity contribution in [2.75, 3.05) is 18.1 Å². The first-order chi connectivity index (χ1) is 52.6. The molecule has 1 fully saturated rings. The Bertz CT molecular complexity index is 4100. The van der Waals surface area contributed by atoms with Crippen molar-refractivity contribution in [3.05, 3.63) is 125 Å². The Morgan fingerprint density at radius 1 is 0.586 bits per heavy atom. The number of phenols is 2. The number of rotatable bonds is 16. The SMILES string of the molecule is CCC[C@@H]1NC(=O)[C@H](Cc2c[nH]c3ncccc23)NC(=O)[C@H]([C@@H](C)O)NC(=O)[C@@H]2C[C@H](N)CN2C(=O)[C@H](Cc2ccc(O)cc2)NC(=O)C(C(C)(C)C)NC(=O)CCSCc2cccc(c2)CSC[C@@H](C(N)=O)NC(=O)[C@H]([C@@H](C)O)NC(=O)[C@H](CCC)NC(=O)[C@H](Cc2ccc(O)cc2)NC(=O)[C@H](CCC(=O)O)NC1=O. The van der Waals surface area contributed by atoms with Gasteiger partial charge in [0.25, 0.3) is 0 Å². The molecule has 12 amide bonds. The minimum atomic E-state index is -1.86. The molecule has 1 unspecified atom stereocenters. The summed E-state index contributed by atoms with van der Waals surface area (Å²) in [4.78, 5) is 194. The molecule has 20 N–H and O–H groups in total. The number of H-pyrrole nitrogens is 1. The van der Waals surface area contributed by atoms with Crippen LogP contribution in [0, 0.1) is 5.41 Å². The summed E-state index contributed by atoms with van der Waals surface area (Å²) in [5.74, 6) is -11.7. The van der Waals surface area contributed by atoms with Crippen LogP contribution in [0.3, 0.4) is 0 Å². The highest BCUT2D eigenvalue weighted by Crippen LogP contribution is 2.26. The number of benzene rings is 3. The number of hydrogen-bond donors (Lipinski definition) is 18. The highest BCUT2D eigenvalue weighted by Gasteiger charge is 2.45. The number of carbonyl (C=O) groups excluding carboxylic acids is 12. The molecule has 35 heteroatoms. The third kappa shape index (κ3) is 26.4. The molecule has 0 spiro atoms. The molecule has 602 valence electrons. The van der Waals surface area contributed by atoms with E-state index in [-0.39, 0.29) is 81.6 Å². The third-order valence-electron chi connectivity index (χ3n) is 18.7. The zero-order chi connectivity index (χ0) is 81.4. The number of carboxylic acid groups (broad SMARTS) is 1. The molecular formula is C76H103N15O18S2. The molecule has 0 aliphatic carbocycles. The maximum atomic E-state index is 15.2. The van der Waals surface area contributed by atoms with Crippen LogP contribution in [0.15, 0.2) is 97.3 Å². The van der Waals surface area contributed by atoms with Crippen molar-refractivity contribution in [3.63, 3.8) is 0 Å². The quantitative estimate of drug-likeness (QED) is 0.0623. The number of aromatic nitrogens is 2. The van der Waals surface area contributed by atoms with Crippen molar-refractivity contribution in [2.45, 2.75) is 215 Å². The molecule has 4 heterocycles. The molecule has 2 aliphatic heterocycles. The summed E-state index contributed by atoms with van der Waals surface area (Å²) in [7, 11) is 0. The first-order valence-electron chi connectivity index (χ1n) is 36.8. The van der Waals surface area contributed by atoms with Gasteiger partial charge in [-0.25, -0.2) is 4.98 Å². The number of aliphatic hydroxyl groups excluding tert-OH is 2. The zero-order valence-corrected chi connectivity index (χ0v) is 64.7. The lowest BCUT2D eigenvalue weighted by atomic mass is 9.85. The predicted octanol–water partition coefficient (Wildman–Crippen LogP) is 0.106. The molecule has 14 atom stereocenters. The van der Waals surface area contributed by atoms with E-state index in [1.165, 1.54) is 98.3 Å². The van der Waals surface area contributed by atoms with Crippen LogP contribution >= 0.6 is 23.5 Å². The van der Waals surface area contributed by atoms with E-state index < -0.39 is 180 Å². The number of hydrogen-bond acceptors (Lipinski definition) is 21. The minimum Gasteiger partial charge on any atom is -0.508 e. The van der Waals surface area contributed by atoms with Gasteiger partial charge in [0, 0.05) is 85.5 Å². The first-order valence-corrected chi connectivity index (χ1v) is 39.1. The first kappa shape index (κ1) is 87.9. The van der Waals surface area contributed by atoms with E-state index in [9.17, 15) is 83.1 Å². The number of amides is 12. The summed E-state index contributed by atoms with van der Waals surface area (Å²) >= 11 is 2.68. The molecule has 111 heavy (non-hydrogen) atoms. The number of phenolic OH excluding ortho intramolecular Hbond substituents is 2. The number of pyridine rings is 1. The summed E-state index contributed by atoms with van der Waals surface area (Å²) in [6.07, 6.45) is -2.39. The largest absolute Gasteiger partial charge is 0.508 e. The average molecular weight is 1580 g/mol. The van der Waals surface area contributed by atoms with Crippen LogP contribution in [0.1, 0.15) is 128 Å². The lowest BCUT2D eigenvalue weighted by molar-refractivity contribution is -0.143. The second-order valence-corrected chi connectivity index (χ2v) is 31.1. The highest BCUT2D eigenvalue weighted by atomic mass is 32.2. The Labute approximate surface area is 651 Å². The van der Waals surface area contributed by atoms with Crippen molar-refractivity contribution in [3.8, 4) is 11.5 Å². The summed E-state index contributed by atoms with van der Waals surface area (Å²) in [5.41, 5.74) is 14.7. The lowest BCUT2D eigenvalue weighted by Gasteiger charge is -2.34. The molecule has 7 rings (SSSR count). The van der Waals surface area contributed by atoms with Crippen LogP contribution in [0.2, 0.25) is 0 Å². The number of fused-ring (bicyclic) bond motifs is 4. The number of nitrogens with one attached hydrogen (secondary N) is 11. The van der Waals surface area contributed by atoms with Crippen molar-refractivity contribution < 1.29 is 87.9 Å². The monoisotopic (exact) mass is 1580 g/mol. The number of carbonyl (C=O) groups is 13. The van der Waals surface area contributed by atoms with E-state index in [1.54, 1.807) is 46.8 Å². The van der Waals surface area contributed by atoms with E-state index >= 15 is 4.79 Å².